The molecule has 0 spiro atoms. The Morgan fingerprint density at radius 3 is 2.43 bits per heavy atom. The first kappa shape index (κ1) is 4.91. The Morgan fingerprint density at radius 2 is 2.29 bits per heavy atom. The number of oxime groups is 1. The van der Waals surface area contributed by atoms with Gasteiger partial charge in [-0.3, -0.25) is 0 Å². The van der Waals surface area contributed by atoms with Gasteiger partial charge in [0.1, 0.15) is 5.17 Å². The Bertz CT molecular complexity index is 97.9. The molecule has 1 saturated carbocycles. The molecule has 0 atom stereocenters. The highest BCUT2D eigenvalue weighted by Crippen LogP contribution is 2.31. The number of rotatable bonds is 1. The molecule has 0 aliphatic heterocycles. The normalized spacial score (nSPS) is 22.7. The number of hydrogen-bond donors (Lipinski definition) is 1. The molecule has 2 nitrogen and oxygen atoms in total. The fourth-order valence-corrected chi connectivity index (χ4v) is 0.621. The third-order valence-electron chi connectivity index (χ3n) is 1.01. The zero-order valence-corrected chi connectivity index (χ0v) is 4.52. The summed E-state index contributed by atoms with van der Waals surface area (Å²) in [6.07, 6.45) is 2.17. The van der Waals surface area contributed by atoms with Crippen molar-refractivity contribution in [3.63, 3.8) is 0 Å². The highest BCUT2D eigenvalue weighted by molar-refractivity contribution is 6.66. The Morgan fingerprint density at radius 1 is 1.71 bits per heavy atom. The number of halogens is 1. The Labute approximate surface area is 46.8 Å². The molecule has 1 rings (SSSR count). The summed E-state index contributed by atoms with van der Waals surface area (Å²) in [5.41, 5.74) is 0. The van der Waals surface area contributed by atoms with Gasteiger partial charge < -0.3 is 5.21 Å². The summed E-state index contributed by atoms with van der Waals surface area (Å²) in [4.78, 5) is 0. The van der Waals surface area contributed by atoms with Crippen LogP contribution < -0.4 is 0 Å². The monoisotopic (exact) mass is 119 g/mol. The van der Waals surface area contributed by atoms with Gasteiger partial charge in [0.05, 0.1) is 0 Å². The van der Waals surface area contributed by atoms with Crippen molar-refractivity contribution in [1.29, 1.82) is 0 Å². The second-order valence-electron chi connectivity index (χ2n) is 1.70. The van der Waals surface area contributed by atoms with E-state index >= 15 is 0 Å². The van der Waals surface area contributed by atoms with Crippen molar-refractivity contribution in [3.8, 4) is 0 Å². The van der Waals surface area contributed by atoms with Gasteiger partial charge in [0.25, 0.3) is 0 Å². The largest absolute Gasteiger partial charge is 0.410 e. The molecule has 0 radical (unpaired) electrons. The van der Waals surface area contributed by atoms with E-state index in [2.05, 4.69) is 5.16 Å². The van der Waals surface area contributed by atoms with E-state index in [9.17, 15) is 0 Å². The molecule has 3 heteroatoms. The average molecular weight is 120 g/mol. The van der Waals surface area contributed by atoms with E-state index in [0.29, 0.717) is 11.1 Å². The van der Waals surface area contributed by atoms with Crippen molar-refractivity contribution in [2.45, 2.75) is 12.8 Å². The lowest BCUT2D eigenvalue weighted by molar-refractivity contribution is 0.319. The molecule has 1 N–H and O–H groups in total. The Balaban J connectivity index is 2.37. The Hall–Kier alpha value is -0.240. The van der Waals surface area contributed by atoms with Crippen LogP contribution in [0.5, 0.6) is 0 Å². The molecule has 1 aliphatic carbocycles. The van der Waals surface area contributed by atoms with Crippen molar-refractivity contribution < 1.29 is 5.21 Å². The van der Waals surface area contributed by atoms with Gasteiger partial charge in [-0.1, -0.05) is 16.8 Å². The van der Waals surface area contributed by atoms with Gasteiger partial charge in [0, 0.05) is 5.92 Å². The SMILES string of the molecule is O/N=C(\Cl)C1CC1. The molecule has 0 heterocycles. The van der Waals surface area contributed by atoms with E-state index in [1.807, 2.05) is 0 Å². The lowest BCUT2D eigenvalue weighted by atomic mass is 10.5. The molecule has 1 fully saturated rings. The second kappa shape index (κ2) is 1.70. The smallest absolute Gasteiger partial charge is 0.148 e. The molecule has 0 bridgehead atoms. The fraction of sp³-hybridized carbons (Fsp3) is 0.750. The van der Waals surface area contributed by atoms with Crippen LogP contribution in [0, 0.1) is 5.92 Å². The molecule has 0 unspecified atom stereocenters. The lowest BCUT2D eigenvalue weighted by Crippen LogP contribution is -1.86. The standard InChI is InChI=1S/C4H6ClNO/c5-4(6-7)3-1-2-3/h3,7H,1-2H2/b6-4-. The Kier molecular flexibility index (Phi) is 1.19. The van der Waals surface area contributed by atoms with Crippen LogP contribution in [0.2, 0.25) is 0 Å². The summed E-state index contributed by atoms with van der Waals surface area (Å²) in [6.45, 7) is 0. The summed E-state index contributed by atoms with van der Waals surface area (Å²) >= 11 is 5.36. The molecular formula is C4H6ClNO. The first-order valence-electron chi connectivity index (χ1n) is 2.22. The van der Waals surface area contributed by atoms with Gasteiger partial charge in [-0.05, 0) is 12.8 Å². The first-order valence-corrected chi connectivity index (χ1v) is 2.60. The minimum absolute atomic E-state index is 0.361. The molecule has 0 aromatic heterocycles. The van der Waals surface area contributed by atoms with Crippen LogP contribution in [-0.4, -0.2) is 10.4 Å². The van der Waals surface area contributed by atoms with Crippen LogP contribution in [0.4, 0.5) is 0 Å². The zero-order chi connectivity index (χ0) is 5.28. The minimum Gasteiger partial charge on any atom is -0.410 e. The van der Waals surface area contributed by atoms with E-state index in [1.165, 1.54) is 0 Å². The maximum Gasteiger partial charge on any atom is 0.148 e. The molecule has 1 aliphatic rings. The zero-order valence-electron chi connectivity index (χ0n) is 3.76. The van der Waals surface area contributed by atoms with Crippen molar-refractivity contribution in [3.05, 3.63) is 0 Å². The van der Waals surface area contributed by atoms with Crippen molar-refractivity contribution in [1.82, 2.24) is 0 Å². The summed E-state index contributed by atoms with van der Waals surface area (Å²) in [7, 11) is 0. The van der Waals surface area contributed by atoms with Crippen LogP contribution in [0.25, 0.3) is 0 Å². The molecular weight excluding hydrogens is 114 g/mol. The van der Waals surface area contributed by atoms with Gasteiger partial charge in [-0.15, -0.1) is 0 Å². The van der Waals surface area contributed by atoms with Crippen LogP contribution in [0.3, 0.4) is 0 Å². The van der Waals surface area contributed by atoms with Crippen LogP contribution >= 0.6 is 11.6 Å². The molecule has 0 saturated heterocycles. The predicted octanol–water partition coefficient (Wildman–Crippen LogP) is 1.42. The van der Waals surface area contributed by atoms with E-state index in [4.69, 9.17) is 16.8 Å². The third kappa shape index (κ3) is 1.06. The maximum atomic E-state index is 8.00. The third-order valence-corrected chi connectivity index (χ3v) is 1.39. The summed E-state index contributed by atoms with van der Waals surface area (Å²) < 4.78 is 0. The van der Waals surface area contributed by atoms with E-state index in [-0.39, 0.29) is 0 Å². The summed E-state index contributed by atoms with van der Waals surface area (Å²) in [6, 6.07) is 0. The lowest BCUT2D eigenvalue weighted by Gasteiger charge is -1.81. The van der Waals surface area contributed by atoms with Gasteiger partial charge in [-0.25, -0.2) is 0 Å². The summed E-state index contributed by atoms with van der Waals surface area (Å²) in [5, 5.41) is 11.2. The molecule has 7 heavy (non-hydrogen) atoms. The summed E-state index contributed by atoms with van der Waals surface area (Å²) in [5.74, 6) is 0.381. The van der Waals surface area contributed by atoms with Crippen LogP contribution in [-0.2, 0) is 0 Å². The molecule has 0 aromatic carbocycles. The molecule has 40 valence electrons. The maximum absolute atomic E-state index is 8.00. The van der Waals surface area contributed by atoms with Crippen molar-refractivity contribution >= 4 is 16.8 Å². The highest BCUT2D eigenvalue weighted by Gasteiger charge is 2.26. The van der Waals surface area contributed by atoms with E-state index < -0.39 is 0 Å². The quantitative estimate of drug-likeness (QED) is 0.316. The van der Waals surface area contributed by atoms with Gasteiger partial charge in [0.2, 0.25) is 0 Å². The predicted molar refractivity (Wildman–Crippen MR) is 27.8 cm³/mol. The number of nitrogens with zero attached hydrogens (tertiary/aromatic N) is 1. The van der Waals surface area contributed by atoms with Gasteiger partial charge >= 0.3 is 0 Å². The highest BCUT2D eigenvalue weighted by atomic mass is 35.5. The topological polar surface area (TPSA) is 32.6 Å². The van der Waals surface area contributed by atoms with Crippen LogP contribution in [0.15, 0.2) is 5.16 Å². The van der Waals surface area contributed by atoms with E-state index in [1.54, 1.807) is 0 Å². The minimum atomic E-state index is 0.361. The van der Waals surface area contributed by atoms with Gasteiger partial charge in [0.15, 0.2) is 0 Å². The first-order chi connectivity index (χ1) is 3.34. The molecule has 0 amide bonds. The van der Waals surface area contributed by atoms with Crippen molar-refractivity contribution in [2.24, 2.45) is 11.1 Å². The van der Waals surface area contributed by atoms with Gasteiger partial charge in [-0.2, -0.15) is 0 Å². The molecule has 0 aromatic rings. The second-order valence-corrected chi connectivity index (χ2v) is 2.08. The fourth-order valence-electron chi connectivity index (χ4n) is 0.403. The van der Waals surface area contributed by atoms with E-state index in [0.717, 1.165) is 12.8 Å². The average Bonchev–Trinajstić information content (AvgIpc) is 2.44. The number of hydrogen-bond acceptors (Lipinski definition) is 2. The van der Waals surface area contributed by atoms with Crippen LogP contribution in [0.1, 0.15) is 12.8 Å². The van der Waals surface area contributed by atoms with Crippen molar-refractivity contribution in [2.75, 3.05) is 0 Å².